The lowest BCUT2D eigenvalue weighted by Crippen LogP contribution is -2.23. The fraction of sp³-hybridized carbons (Fsp3) is 0.583. The topological polar surface area (TPSA) is 43.8 Å². The molecule has 1 aliphatic rings. The van der Waals surface area contributed by atoms with Crippen molar-refractivity contribution in [2.45, 2.75) is 26.2 Å². The Hall–Kier alpha value is -1.45. The summed E-state index contributed by atoms with van der Waals surface area (Å²) in [5, 5.41) is 7.84. The van der Waals surface area contributed by atoms with Gasteiger partial charge in [-0.15, -0.1) is 6.58 Å². The molecular weight excluding hydrogens is 204 g/mol. The summed E-state index contributed by atoms with van der Waals surface area (Å²) in [5.74, 6) is -0.829. The fourth-order valence-electron chi connectivity index (χ4n) is 1.22. The molecule has 0 saturated heterocycles. The zero-order valence-electron chi connectivity index (χ0n) is 10.2. The van der Waals surface area contributed by atoms with E-state index in [2.05, 4.69) is 42.8 Å². The van der Waals surface area contributed by atoms with Gasteiger partial charge in [-0.1, -0.05) is 19.4 Å². The molecule has 0 atom stereocenters. The monoisotopic (exact) mass is 226 g/mol. The Bertz CT molecular complexity index is 239. The van der Waals surface area contributed by atoms with E-state index in [0.29, 0.717) is 0 Å². The van der Waals surface area contributed by atoms with Crippen LogP contribution in [-0.4, -0.2) is 41.1 Å². The second kappa shape index (κ2) is 8.83. The van der Waals surface area contributed by atoms with Gasteiger partial charge in [0.25, 0.3) is 0 Å². The molecule has 0 aromatic carbocycles. The van der Waals surface area contributed by atoms with Crippen LogP contribution in [0.25, 0.3) is 0 Å². The third-order valence-corrected chi connectivity index (χ3v) is 2.05. The van der Waals surface area contributed by atoms with Crippen molar-refractivity contribution in [2.75, 3.05) is 20.3 Å². The van der Waals surface area contributed by atoms with Gasteiger partial charge >= 0.3 is 5.97 Å². The van der Waals surface area contributed by atoms with Crippen LogP contribution in [0.2, 0.25) is 0 Å². The molecule has 0 aromatic rings. The van der Waals surface area contributed by atoms with Crippen LogP contribution in [0.1, 0.15) is 26.2 Å². The molecular formula is C12H22N2O2. The van der Waals surface area contributed by atoms with Crippen molar-refractivity contribution in [3.05, 3.63) is 25.1 Å². The average Bonchev–Trinajstić information content (AvgIpc) is 2.62. The van der Waals surface area contributed by atoms with Crippen LogP contribution in [0.4, 0.5) is 0 Å². The molecule has 16 heavy (non-hydrogen) atoms. The van der Waals surface area contributed by atoms with E-state index in [1.807, 2.05) is 0 Å². The van der Waals surface area contributed by atoms with Crippen LogP contribution in [0.5, 0.6) is 0 Å². The van der Waals surface area contributed by atoms with E-state index >= 15 is 0 Å². The Morgan fingerprint density at radius 3 is 2.56 bits per heavy atom. The summed E-state index contributed by atoms with van der Waals surface area (Å²) >= 11 is 0. The highest BCUT2D eigenvalue weighted by molar-refractivity contribution is 5.68. The quantitative estimate of drug-likeness (QED) is 0.729. The highest BCUT2D eigenvalue weighted by Gasteiger charge is 2.05. The van der Waals surface area contributed by atoms with E-state index in [9.17, 15) is 4.79 Å². The second-order valence-electron chi connectivity index (χ2n) is 3.75. The highest BCUT2D eigenvalue weighted by Crippen LogP contribution is 2.04. The minimum atomic E-state index is -0.829. The maximum Gasteiger partial charge on any atom is 0.307 e. The van der Waals surface area contributed by atoms with Crippen LogP contribution in [0.15, 0.2) is 25.1 Å². The molecule has 0 unspecified atom stereocenters. The maximum absolute atomic E-state index is 9.53. The van der Waals surface area contributed by atoms with Crippen molar-refractivity contribution in [2.24, 2.45) is 0 Å². The van der Waals surface area contributed by atoms with Crippen LogP contribution in [0.3, 0.4) is 0 Å². The van der Waals surface area contributed by atoms with E-state index in [1.165, 1.54) is 25.5 Å². The van der Waals surface area contributed by atoms with Gasteiger partial charge in [-0.05, 0) is 6.42 Å². The van der Waals surface area contributed by atoms with Gasteiger partial charge < -0.3 is 14.9 Å². The van der Waals surface area contributed by atoms with E-state index in [-0.39, 0.29) is 6.42 Å². The maximum atomic E-state index is 9.53. The summed E-state index contributed by atoms with van der Waals surface area (Å²) < 4.78 is 0. The first-order valence-corrected chi connectivity index (χ1v) is 5.55. The predicted molar refractivity (Wildman–Crippen MR) is 65.8 cm³/mol. The van der Waals surface area contributed by atoms with Crippen molar-refractivity contribution < 1.29 is 9.90 Å². The molecule has 1 heterocycles. The molecule has 1 N–H and O–H groups in total. The molecule has 0 fully saturated rings. The highest BCUT2D eigenvalue weighted by atomic mass is 16.4. The molecule has 0 aliphatic carbocycles. The zero-order chi connectivity index (χ0) is 12.4. The minimum absolute atomic E-state index is 0.0556. The van der Waals surface area contributed by atoms with E-state index in [4.69, 9.17) is 5.11 Å². The van der Waals surface area contributed by atoms with E-state index in [0.717, 1.165) is 6.67 Å². The third kappa shape index (κ3) is 7.91. The van der Waals surface area contributed by atoms with Gasteiger partial charge in [0, 0.05) is 26.0 Å². The molecule has 4 heteroatoms. The van der Waals surface area contributed by atoms with E-state index < -0.39 is 5.97 Å². The van der Waals surface area contributed by atoms with E-state index in [1.54, 1.807) is 0 Å². The summed E-state index contributed by atoms with van der Waals surface area (Å²) in [6.07, 6.45) is 8.28. The largest absolute Gasteiger partial charge is 0.481 e. The summed E-state index contributed by atoms with van der Waals surface area (Å²) in [5.41, 5.74) is 0. The lowest BCUT2D eigenvalue weighted by atomic mass is 10.3. The molecule has 0 spiro atoms. The molecule has 0 bridgehead atoms. The van der Waals surface area contributed by atoms with Crippen LogP contribution >= 0.6 is 0 Å². The van der Waals surface area contributed by atoms with Crippen LogP contribution in [0, 0.1) is 0 Å². The number of carboxylic acids is 1. The minimum Gasteiger partial charge on any atom is -0.481 e. The van der Waals surface area contributed by atoms with Crippen molar-refractivity contribution in [1.82, 2.24) is 9.80 Å². The smallest absolute Gasteiger partial charge is 0.307 e. The van der Waals surface area contributed by atoms with Crippen molar-refractivity contribution in [1.29, 1.82) is 0 Å². The molecule has 0 radical (unpaired) electrons. The van der Waals surface area contributed by atoms with Gasteiger partial charge in [0.1, 0.15) is 0 Å². The molecule has 0 saturated carbocycles. The molecule has 0 amide bonds. The first-order chi connectivity index (χ1) is 7.60. The summed E-state index contributed by atoms with van der Waals surface area (Å²) in [6, 6.07) is 0. The van der Waals surface area contributed by atoms with Crippen molar-refractivity contribution in [3.63, 3.8) is 0 Å². The van der Waals surface area contributed by atoms with Gasteiger partial charge in [0.15, 0.2) is 0 Å². The Morgan fingerprint density at radius 2 is 2.25 bits per heavy atom. The van der Waals surface area contributed by atoms with Gasteiger partial charge in [-0.2, -0.15) is 0 Å². The number of hydrogen-bond donors (Lipinski definition) is 1. The average molecular weight is 226 g/mol. The van der Waals surface area contributed by atoms with Gasteiger partial charge in [-0.25, -0.2) is 0 Å². The summed E-state index contributed by atoms with van der Waals surface area (Å²) in [4.78, 5) is 14.1. The molecule has 92 valence electrons. The zero-order valence-corrected chi connectivity index (χ0v) is 10.2. The number of carboxylic acid groups (broad SMARTS) is 1. The Labute approximate surface area is 97.8 Å². The van der Waals surface area contributed by atoms with Gasteiger partial charge in [0.2, 0.25) is 0 Å². The van der Waals surface area contributed by atoms with Crippen molar-refractivity contribution in [3.8, 4) is 0 Å². The number of hydrogen-bond acceptors (Lipinski definition) is 3. The van der Waals surface area contributed by atoms with Crippen LogP contribution < -0.4 is 0 Å². The Kier molecular flexibility index (Phi) is 8.03. The van der Waals surface area contributed by atoms with Crippen molar-refractivity contribution >= 4 is 5.97 Å². The van der Waals surface area contributed by atoms with Crippen LogP contribution in [-0.2, 0) is 4.79 Å². The first kappa shape index (κ1) is 14.6. The first-order valence-electron chi connectivity index (χ1n) is 5.55. The molecule has 1 rings (SSSR count). The predicted octanol–water partition coefficient (Wildman–Crippen LogP) is 2.11. The van der Waals surface area contributed by atoms with Gasteiger partial charge in [-0.3, -0.25) is 4.79 Å². The lowest BCUT2D eigenvalue weighted by Gasteiger charge is -2.17. The number of aliphatic carboxylic acids is 1. The fourth-order valence-corrected chi connectivity index (χ4v) is 1.22. The molecule has 4 nitrogen and oxygen atoms in total. The second-order valence-corrected chi connectivity index (χ2v) is 3.75. The molecule has 0 aromatic heterocycles. The Morgan fingerprint density at radius 1 is 1.56 bits per heavy atom. The third-order valence-electron chi connectivity index (χ3n) is 2.05. The SMILES string of the molecule is C=CCC(=O)O.CCCCN1C=CN(C)C1. The Balaban J connectivity index is 0.000000325. The summed E-state index contributed by atoms with van der Waals surface area (Å²) in [6.45, 7) is 7.72. The van der Waals surface area contributed by atoms with Gasteiger partial charge in [0.05, 0.1) is 13.1 Å². The lowest BCUT2D eigenvalue weighted by molar-refractivity contribution is -0.135. The molecule has 1 aliphatic heterocycles. The number of unbranched alkanes of at least 4 members (excludes halogenated alkanes) is 1. The standard InChI is InChI=1S/C8H16N2.C4H6O2/c1-3-4-5-10-7-6-9(2)8-10;1-2-3-4(5)6/h6-7H,3-5,8H2,1-2H3;2H,1,3H2,(H,5,6). The number of carbonyl (C=O) groups is 1. The summed E-state index contributed by atoms with van der Waals surface area (Å²) in [7, 11) is 2.10. The number of rotatable bonds is 5. The normalized spacial score (nSPS) is 13.4. The number of nitrogens with zero attached hydrogens (tertiary/aromatic N) is 2.